The van der Waals surface area contributed by atoms with E-state index >= 15 is 0 Å². The highest BCUT2D eigenvalue weighted by Crippen LogP contribution is 2.23. The van der Waals surface area contributed by atoms with Gasteiger partial charge in [-0.05, 0) is 52.4 Å². The molecule has 0 atom stereocenters. The first kappa shape index (κ1) is 15.3. The molecule has 0 saturated carbocycles. The quantitative estimate of drug-likeness (QED) is 0.373. The predicted molar refractivity (Wildman–Crippen MR) is 100 cm³/mol. The Morgan fingerprint density at radius 1 is 1.19 bits per heavy atom. The lowest BCUT2D eigenvalue weighted by atomic mass is 10.2. The van der Waals surface area contributed by atoms with Gasteiger partial charge in [0.15, 0.2) is 0 Å². The van der Waals surface area contributed by atoms with Gasteiger partial charge < -0.3 is 4.57 Å². The first-order chi connectivity index (χ1) is 10.2. The fourth-order valence-corrected chi connectivity index (χ4v) is 3.46. The van der Waals surface area contributed by atoms with E-state index in [-0.39, 0.29) is 0 Å². The summed E-state index contributed by atoms with van der Waals surface area (Å²) in [6.07, 6.45) is 0.775. The Morgan fingerprint density at radius 3 is 2.76 bits per heavy atom. The maximum Gasteiger partial charge on any atom is 0.111 e. The Hall–Kier alpha value is -0.590. The summed E-state index contributed by atoms with van der Waals surface area (Å²) in [5.74, 6) is 1.62. The first-order valence-corrected chi connectivity index (χ1v) is 9.03. The molecule has 21 heavy (non-hydrogen) atoms. The third-order valence-corrected chi connectivity index (χ3v) is 5.03. The minimum absolute atomic E-state index is 0.580. The Balaban J connectivity index is 2.11. The molecule has 108 valence electrons. The third-order valence-electron chi connectivity index (χ3n) is 3.39. The second-order valence-electron chi connectivity index (χ2n) is 4.78. The smallest absolute Gasteiger partial charge is 0.111 e. The van der Waals surface area contributed by atoms with Gasteiger partial charge in [0.25, 0.3) is 0 Å². The average Bonchev–Trinajstić information content (AvgIpc) is 2.79. The minimum Gasteiger partial charge on any atom is -0.323 e. The van der Waals surface area contributed by atoms with Crippen LogP contribution in [0.25, 0.3) is 11.0 Å². The van der Waals surface area contributed by atoms with E-state index < -0.39 is 0 Å². The zero-order chi connectivity index (χ0) is 14.8. The Labute approximate surface area is 150 Å². The maximum absolute atomic E-state index is 5.94. The monoisotopic (exact) mass is 474 g/mol. The zero-order valence-corrected chi connectivity index (χ0v) is 15.7. The third kappa shape index (κ3) is 3.27. The van der Waals surface area contributed by atoms with Crippen LogP contribution in [0.5, 0.6) is 0 Å². The summed E-state index contributed by atoms with van der Waals surface area (Å²) in [6.45, 7) is 0.796. The number of benzene rings is 2. The standard InChI is InChI=1S/C16H13BrClIN2/c17-13-4-2-1-3-11(13)10-21-15-6-5-12(19)9-14(15)20-16(21)7-8-18/h1-6,9H,7-8,10H2. The van der Waals surface area contributed by atoms with Crippen LogP contribution in [0, 0.1) is 3.57 Å². The molecular weight excluding hydrogens is 462 g/mol. The number of hydrogen-bond acceptors (Lipinski definition) is 1. The van der Waals surface area contributed by atoms with Crippen LogP contribution < -0.4 is 0 Å². The topological polar surface area (TPSA) is 17.8 Å². The molecule has 0 bridgehead atoms. The van der Waals surface area contributed by atoms with Gasteiger partial charge in [0.2, 0.25) is 0 Å². The van der Waals surface area contributed by atoms with Gasteiger partial charge in [-0.3, -0.25) is 0 Å². The number of imidazole rings is 1. The fraction of sp³-hybridized carbons (Fsp3) is 0.188. The van der Waals surface area contributed by atoms with E-state index in [1.54, 1.807) is 0 Å². The molecule has 2 nitrogen and oxygen atoms in total. The molecule has 0 amide bonds. The summed E-state index contributed by atoms with van der Waals surface area (Å²) < 4.78 is 4.57. The van der Waals surface area contributed by atoms with E-state index in [2.05, 4.69) is 79.5 Å². The van der Waals surface area contributed by atoms with Gasteiger partial charge in [0.1, 0.15) is 5.82 Å². The van der Waals surface area contributed by atoms with Gasteiger partial charge in [0, 0.05) is 20.3 Å². The molecule has 0 aliphatic heterocycles. The van der Waals surface area contributed by atoms with Crippen LogP contribution in [-0.4, -0.2) is 15.4 Å². The number of alkyl halides is 1. The summed E-state index contributed by atoms with van der Waals surface area (Å²) in [7, 11) is 0. The Kier molecular flexibility index (Phi) is 4.86. The van der Waals surface area contributed by atoms with Crippen LogP contribution in [0.3, 0.4) is 0 Å². The predicted octanol–water partition coefficient (Wildman–Crippen LogP) is 5.23. The number of nitrogens with zero attached hydrogens (tertiary/aromatic N) is 2. The van der Waals surface area contributed by atoms with Crippen molar-refractivity contribution in [3.63, 3.8) is 0 Å². The van der Waals surface area contributed by atoms with Crippen molar-refractivity contribution in [2.24, 2.45) is 0 Å². The Morgan fingerprint density at radius 2 is 2.00 bits per heavy atom. The van der Waals surface area contributed by atoms with E-state index in [0.717, 1.165) is 34.3 Å². The van der Waals surface area contributed by atoms with Gasteiger partial charge in [-0.25, -0.2) is 4.98 Å². The number of hydrogen-bond donors (Lipinski definition) is 0. The fourth-order valence-electron chi connectivity index (χ4n) is 2.40. The van der Waals surface area contributed by atoms with Gasteiger partial charge in [-0.2, -0.15) is 0 Å². The molecule has 0 fully saturated rings. The van der Waals surface area contributed by atoms with Crippen molar-refractivity contribution in [1.82, 2.24) is 9.55 Å². The highest BCUT2D eigenvalue weighted by molar-refractivity contribution is 14.1. The van der Waals surface area contributed by atoms with E-state index in [9.17, 15) is 0 Å². The lowest BCUT2D eigenvalue weighted by molar-refractivity contribution is 0.752. The highest BCUT2D eigenvalue weighted by atomic mass is 127. The average molecular weight is 476 g/mol. The molecule has 1 aromatic heterocycles. The summed E-state index contributed by atoms with van der Waals surface area (Å²) in [5.41, 5.74) is 3.44. The summed E-state index contributed by atoms with van der Waals surface area (Å²) in [6, 6.07) is 14.7. The largest absolute Gasteiger partial charge is 0.323 e. The number of rotatable bonds is 4. The molecule has 0 unspecified atom stereocenters. The molecular formula is C16H13BrClIN2. The molecule has 1 heterocycles. The molecule has 0 aliphatic carbocycles. The maximum atomic E-state index is 5.94. The van der Waals surface area contributed by atoms with Crippen molar-refractivity contribution in [2.75, 3.05) is 5.88 Å². The number of fused-ring (bicyclic) bond motifs is 1. The molecule has 0 aliphatic rings. The highest BCUT2D eigenvalue weighted by Gasteiger charge is 2.12. The minimum atomic E-state index is 0.580. The zero-order valence-electron chi connectivity index (χ0n) is 11.2. The van der Waals surface area contributed by atoms with E-state index in [1.807, 2.05) is 6.07 Å². The normalized spacial score (nSPS) is 11.2. The van der Waals surface area contributed by atoms with Crippen LogP contribution >= 0.6 is 50.1 Å². The van der Waals surface area contributed by atoms with Crippen LogP contribution in [-0.2, 0) is 13.0 Å². The summed E-state index contributed by atoms with van der Waals surface area (Å²) in [4.78, 5) is 4.75. The van der Waals surface area contributed by atoms with E-state index in [4.69, 9.17) is 16.6 Å². The molecule has 3 aromatic rings. The molecule has 2 aromatic carbocycles. The van der Waals surface area contributed by atoms with Gasteiger partial charge in [-0.15, -0.1) is 11.6 Å². The second kappa shape index (κ2) is 6.67. The van der Waals surface area contributed by atoms with Crippen molar-refractivity contribution in [3.8, 4) is 0 Å². The van der Waals surface area contributed by atoms with Crippen LogP contribution in [0.4, 0.5) is 0 Å². The van der Waals surface area contributed by atoms with E-state index in [1.165, 1.54) is 9.13 Å². The van der Waals surface area contributed by atoms with Crippen molar-refractivity contribution in [2.45, 2.75) is 13.0 Å². The van der Waals surface area contributed by atoms with Crippen LogP contribution in [0.15, 0.2) is 46.9 Å². The molecule has 0 saturated heterocycles. The summed E-state index contributed by atoms with van der Waals surface area (Å²) >= 11 is 11.9. The van der Waals surface area contributed by atoms with Crippen molar-refractivity contribution in [1.29, 1.82) is 0 Å². The van der Waals surface area contributed by atoms with Crippen LogP contribution in [0.2, 0.25) is 0 Å². The Bertz CT molecular complexity index is 785. The van der Waals surface area contributed by atoms with Gasteiger partial charge >= 0.3 is 0 Å². The molecule has 3 rings (SSSR count). The van der Waals surface area contributed by atoms with Crippen molar-refractivity contribution in [3.05, 3.63) is 61.9 Å². The van der Waals surface area contributed by atoms with Gasteiger partial charge in [0.05, 0.1) is 17.6 Å². The summed E-state index contributed by atoms with van der Waals surface area (Å²) in [5, 5.41) is 0. The van der Waals surface area contributed by atoms with Gasteiger partial charge in [-0.1, -0.05) is 34.1 Å². The number of halogens is 3. The number of aromatic nitrogens is 2. The number of aryl methyl sites for hydroxylation is 1. The lowest BCUT2D eigenvalue weighted by Crippen LogP contribution is -2.06. The van der Waals surface area contributed by atoms with E-state index in [0.29, 0.717) is 5.88 Å². The second-order valence-corrected chi connectivity index (χ2v) is 7.26. The molecule has 0 N–H and O–H groups in total. The molecule has 0 radical (unpaired) electrons. The first-order valence-electron chi connectivity index (χ1n) is 6.63. The molecule has 0 spiro atoms. The van der Waals surface area contributed by atoms with Crippen molar-refractivity contribution >= 4 is 61.2 Å². The SMILES string of the molecule is ClCCc1nc2cc(I)ccc2n1Cc1ccccc1Br. The lowest BCUT2D eigenvalue weighted by Gasteiger charge is -2.10. The van der Waals surface area contributed by atoms with Crippen LogP contribution in [0.1, 0.15) is 11.4 Å². The van der Waals surface area contributed by atoms with Crippen molar-refractivity contribution < 1.29 is 0 Å². The molecule has 5 heteroatoms.